The zero-order valence-electron chi connectivity index (χ0n) is 8.69. The van der Waals surface area contributed by atoms with Crippen LogP contribution in [0.25, 0.3) is 0 Å². The molecule has 1 aromatic rings. The van der Waals surface area contributed by atoms with E-state index < -0.39 is 0 Å². The van der Waals surface area contributed by atoms with Gasteiger partial charge in [-0.1, -0.05) is 0 Å². The van der Waals surface area contributed by atoms with E-state index in [2.05, 4.69) is 17.3 Å². The number of amides is 1. The number of hydrogen-bond acceptors (Lipinski definition) is 3. The number of furan rings is 1. The van der Waals surface area contributed by atoms with Gasteiger partial charge in [-0.15, -0.1) is 0 Å². The molecule has 1 amide bonds. The van der Waals surface area contributed by atoms with Gasteiger partial charge in [0.05, 0.1) is 11.8 Å². The average Bonchev–Trinajstić information content (AvgIpc) is 2.64. The second-order valence-corrected chi connectivity index (χ2v) is 4.69. The second kappa shape index (κ2) is 2.85. The molecular weight excluding hydrogens is 192 g/mol. The molecule has 1 saturated carbocycles. The van der Waals surface area contributed by atoms with Crippen molar-refractivity contribution in [3.8, 4) is 0 Å². The van der Waals surface area contributed by atoms with Crippen LogP contribution in [0.4, 0.5) is 0 Å². The molecule has 1 aliphatic heterocycles. The lowest BCUT2D eigenvalue weighted by molar-refractivity contribution is 0.0900. The molecule has 4 heteroatoms. The first-order chi connectivity index (χ1) is 7.20. The molecule has 2 aliphatic rings. The van der Waals surface area contributed by atoms with Gasteiger partial charge < -0.3 is 14.6 Å². The summed E-state index contributed by atoms with van der Waals surface area (Å²) in [6, 6.07) is 3.43. The molecule has 0 spiro atoms. The van der Waals surface area contributed by atoms with Crippen LogP contribution in [0.15, 0.2) is 22.8 Å². The molecular formula is C11H14N2O2. The summed E-state index contributed by atoms with van der Waals surface area (Å²) in [6.45, 7) is 2.06. The molecule has 1 saturated heterocycles. The van der Waals surface area contributed by atoms with E-state index in [0.29, 0.717) is 11.7 Å². The summed E-state index contributed by atoms with van der Waals surface area (Å²) in [5.41, 5.74) is 0.0403. The molecule has 2 fully saturated rings. The maximum atomic E-state index is 11.8. The zero-order valence-corrected chi connectivity index (χ0v) is 8.69. The lowest BCUT2D eigenvalue weighted by Gasteiger charge is -2.16. The van der Waals surface area contributed by atoms with E-state index in [9.17, 15) is 4.79 Å². The Morgan fingerprint density at radius 2 is 2.60 bits per heavy atom. The van der Waals surface area contributed by atoms with Gasteiger partial charge >= 0.3 is 0 Å². The quantitative estimate of drug-likeness (QED) is 0.775. The minimum Gasteiger partial charge on any atom is -0.459 e. The molecule has 1 N–H and O–H groups in total. The van der Waals surface area contributed by atoms with E-state index in [1.807, 2.05) is 0 Å². The van der Waals surface area contributed by atoms with Crippen LogP contribution in [0.5, 0.6) is 0 Å². The molecule has 0 radical (unpaired) electrons. The fourth-order valence-corrected chi connectivity index (χ4v) is 2.62. The first-order valence-electron chi connectivity index (χ1n) is 5.24. The number of rotatable bonds is 2. The van der Waals surface area contributed by atoms with Crippen molar-refractivity contribution in [3.63, 3.8) is 0 Å². The number of carbonyl (C=O) groups excluding carboxylic acids is 1. The van der Waals surface area contributed by atoms with Gasteiger partial charge in [-0.05, 0) is 31.5 Å². The molecule has 1 aromatic heterocycles. The Bertz CT molecular complexity index is 387. The van der Waals surface area contributed by atoms with Gasteiger partial charge in [-0.2, -0.15) is 0 Å². The zero-order chi connectivity index (χ0) is 10.5. The fourth-order valence-electron chi connectivity index (χ4n) is 2.62. The fraction of sp³-hybridized carbons (Fsp3) is 0.545. The Hall–Kier alpha value is -1.29. The third-order valence-corrected chi connectivity index (χ3v) is 3.42. The van der Waals surface area contributed by atoms with Crippen molar-refractivity contribution in [2.24, 2.45) is 5.92 Å². The normalized spacial score (nSPS) is 33.8. The van der Waals surface area contributed by atoms with Crippen molar-refractivity contribution < 1.29 is 9.21 Å². The third kappa shape index (κ3) is 1.36. The highest BCUT2D eigenvalue weighted by Gasteiger charge is 2.60. The standard InChI is InChI=1S/C11H14N2O2/c1-13-6-8-5-11(8,7-13)12-10(14)9-3-2-4-15-9/h2-4,8H,5-7H2,1H3,(H,12,14)/t8-,11-/m0/s1. The van der Waals surface area contributed by atoms with Crippen molar-refractivity contribution in [1.82, 2.24) is 10.2 Å². The van der Waals surface area contributed by atoms with E-state index in [4.69, 9.17) is 4.42 Å². The molecule has 0 bridgehead atoms. The first-order valence-corrected chi connectivity index (χ1v) is 5.24. The summed E-state index contributed by atoms with van der Waals surface area (Å²) in [5.74, 6) is 0.962. The highest BCUT2D eigenvalue weighted by atomic mass is 16.3. The largest absolute Gasteiger partial charge is 0.459 e. The van der Waals surface area contributed by atoms with Gasteiger partial charge in [0, 0.05) is 13.1 Å². The van der Waals surface area contributed by atoms with E-state index in [0.717, 1.165) is 19.5 Å². The third-order valence-electron chi connectivity index (χ3n) is 3.42. The number of carbonyl (C=O) groups is 1. The van der Waals surface area contributed by atoms with Crippen LogP contribution in [0.3, 0.4) is 0 Å². The molecule has 3 rings (SSSR count). The molecule has 4 nitrogen and oxygen atoms in total. The van der Waals surface area contributed by atoms with Gasteiger partial charge in [-0.25, -0.2) is 0 Å². The highest BCUT2D eigenvalue weighted by molar-refractivity contribution is 5.92. The Balaban J connectivity index is 1.70. The van der Waals surface area contributed by atoms with Crippen LogP contribution in [0.2, 0.25) is 0 Å². The van der Waals surface area contributed by atoms with E-state index in [1.54, 1.807) is 12.1 Å². The molecule has 1 aliphatic carbocycles. The Kier molecular flexibility index (Phi) is 1.71. The van der Waals surface area contributed by atoms with E-state index in [-0.39, 0.29) is 11.4 Å². The SMILES string of the molecule is CN1C[C@@H]2C[C@]2(NC(=O)c2ccco2)C1. The molecule has 0 unspecified atom stereocenters. The highest BCUT2D eigenvalue weighted by Crippen LogP contribution is 2.48. The average molecular weight is 206 g/mol. The Labute approximate surface area is 88.2 Å². The minimum absolute atomic E-state index is 0.0403. The van der Waals surface area contributed by atoms with Crippen molar-refractivity contribution in [1.29, 1.82) is 0 Å². The van der Waals surface area contributed by atoms with Crippen LogP contribution in [0, 0.1) is 5.92 Å². The van der Waals surface area contributed by atoms with Crippen LogP contribution >= 0.6 is 0 Å². The molecule has 2 heterocycles. The van der Waals surface area contributed by atoms with E-state index >= 15 is 0 Å². The summed E-state index contributed by atoms with van der Waals surface area (Å²) in [6.07, 6.45) is 2.64. The predicted molar refractivity (Wildman–Crippen MR) is 54.5 cm³/mol. The van der Waals surface area contributed by atoms with Crippen LogP contribution in [0.1, 0.15) is 17.0 Å². The monoisotopic (exact) mass is 206 g/mol. The number of nitrogens with zero attached hydrogens (tertiary/aromatic N) is 1. The van der Waals surface area contributed by atoms with Crippen LogP contribution < -0.4 is 5.32 Å². The summed E-state index contributed by atoms with van der Waals surface area (Å²) in [5, 5.41) is 3.09. The van der Waals surface area contributed by atoms with E-state index in [1.165, 1.54) is 6.26 Å². The Morgan fingerprint density at radius 3 is 3.20 bits per heavy atom. The molecule has 2 atom stereocenters. The van der Waals surface area contributed by atoms with Gasteiger partial charge in [0.15, 0.2) is 5.76 Å². The second-order valence-electron chi connectivity index (χ2n) is 4.69. The number of likely N-dealkylation sites (N-methyl/N-ethyl adjacent to an activating group) is 1. The molecule has 80 valence electrons. The molecule has 0 aromatic carbocycles. The number of nitrogens with one attached hydrogen (secondary N) is 1. The minimum atomic E-state index is -0.0854. The first kappa shape index (κ1) is 8.97. The van der Waals surface area contributed by atoms with Crippen molar-refractivity contribution in [2.45, 2.75) is 12.0 Å². The topological polar surface area (TPSA) is 45.5 Å². The predicted octanol–water partition coefficient (Wildman–Crippen LogP) is 0.713. The number of likely N-dealkylation sites (tertiary alicyclic amines) is 1. The summed E-state index contributed by atoms with van der Waals surface area (Å²) >= 11 is 0. The van der Waals surface area contributed by atoms with Gasteiger partial charge in [-0.3, -0.25) is 4.79 Å². The van der Waals surface area contributed by atoms with Gasteiger partial charge in [0.25, 0.3) is 5.91 Å². The van der Waals surface area contributed by atoms with Crippen LogP contribution in [-0.2, 0) is 0 Å². The maximum Gasteiger partial charge on any atom is 0.287 e. The van der Waals surface area contributed by atoms with Gasteiger partial charge in [0.1, 0.15) is 0 Å². The van der Waals surface area contributed by atoms with Crippen molar-refractivity contribution >= 4 is 5.91 Å². The number of piperidine rings is 1. The molecule has 15 heavy (non-hydrogen) atoms. The number of fused-ring (bicyclic) bond motifs is 1. The van der Waals surface area contributed by atoms with Crippen LogP contribution in [-0.4, -0.2) is 36.5 Å². The summed E-state index contributed by atoms with van der Waals surface area (Å²) < 4.78 is 5.07. The van der Waals surface area contributed by atoms with Crippen molar-refractivity contribution in [2.75, 3.05) is 20.1 Å². The number of hydrogen-bond donors (Lipinski definition) is 1. The van der Waals surface area contributed by atoms with Gasteiger partial charge in [0.2, 0.25) is 0 Å². The van der Waals surface area contributed by atoms with Crippen molar-refractivity contribution in [3.05, 3.63) is 24.2 Å². The maximum absolute atomic E-state index is 11.8. The summed E-state index contributed by atoms with van der Waals surface area (Å²) in [4.78, 5) is 14.0. The smallest absolute Gasteiger partial charge is 0.287 e. The lowest BCUT2D eigenvalue weighted by atomic mass is 10.2. The lowest BCUT2D eigenvalue weighted by Crippen LogP contribution is -2.41. The summed E-state index contributed by atoms with van der Waals surface area (Å²) in [7, 11) is 2.09. The Morgan fingerprint density at radius 1 is 1.73 bits per heavy atom.